The van der Waals surface area contributed by atoms with Crippen molar-refractivity contribution in [2.24, 2.45) is 5.73 Å². The summed E-state index contributed by atoms with van der Waals surface area (Å²) in [5.74, 6) is -0.576. The molecule has 0 radical (unpaired) electrons. The molecule has 8 nitrogen and oxygen atoms in total. The number of nitrogens with two attached hydrogens (primary N) is 1. The number of benzene rings is 3. The minimum absolute atomic E-state index is 0.117. The number of hydrogen-bond acceptors (Lipinski definition) is 5. The van der Waals surface area contributed by atoms with Gasteiger partial charge in [0.1, 0.15) is 5.75 Å². The van der Waals surface area contributed by atoms with Gasteiger partial charge in [-0.2, -0.15) is 0 Å². The lowest BCUT2D eigenvalue weighted by atomic mass is 9.99. The smallest absolute Gasteiger partial charge is 0.263 e. The van der Waals surface area contributed by atoms with Crippen molar-refractivity contribution >= 4 is 55.6 Å². The molecule has 0 saturated carbocycles. The number of carbonyl (C=O) groups excluding carboxylic acids is 2. The van der Waals surface area contributed by atoms with Crippen molar-refractivity contribution in [1.82, 2.24) is 9.38 Å². The van der Waals surface area contributed by atoms with E-state index in [-0.39, 0.29) is 17.7 Å². The maximum Gasteiger partial charge on any atom is 0.263 e. The highest BCUT2D eigenvalue weighted by molar-refractivity contribution is 6.19. The van der Waals surface area contributed by atoms with Crippen molar-refractivity contribution in [3.05, 3.63) is 107 Å². The van der Waals surface area contributed by atoms with Gasteiger partial charge in [-0.05, 0) is 49.7 Å². The van der Waals surface area contributed by atoms with Gasteiger partial charge in [0.05, 0.1) is 27.8 Å². The molecule has 0 bridgehead atoms. The third-order valence-electron chi connectivity index (χ3n) is 6.83. The van der Waals surface area contributed by atoms with Gasteiger partial charge in [-0.3, -0.25) is 23.8 Å². The van der Waals surface area contributed by atoms with E-state index in [9.17, 15) is 14.4 Å². The van der Waals surface area contributed by atoms with Gasteiger partial charge in [0.2, 0.25) is 0 Å². The van der Waals surface area contributed by atoms with E-state index >= 15 is 0 Å². The second kappa shape index (κ2) is 9.25. The van der Waals surface area contributed by atoms with Crippen LogP contribution >= 0.6 is 0 Å². The number of anilines is 1. The lowest BCUT2D eigenvalue weighted by molar-refractivity contribution is -0.118. The molecular formula is C31H24N4O4. The van der Waals surface area contributed by atoms with E-state index in [1.807, 2.05) is 43.3 Å². The number of carbonyl (C=O) groups is 2. The molecule has 0 saturated heterocycles. The Morgan fingerprint density at radius 2 is 1.74 bits per heavy atom. The molecule has 192 valence electrons. The second-order valence-electron chi connectivity index (χ2n) is 9.56. The summed E-state index contributed by atoms with van der Waals surface area (Å²) in [5, 5.41) is 5.82. The molecule has 0 spiro atoms. The summed E-state index contributed by atoms with van der Waals surface area (Å²) in [6, 6.07) is 19.5. The molecule has 0 fully saturated rings. The zero-order valence-corrected chi connectivity index (χ0v) is 21.2. The van der Waals surface area contributed by atoms with E-state index in [4.69, 9.17) is 10.5 Å². The van der Waals surface area contributed by atoms with E-state index < -0.39 is 11.8 Å². The van der Waals surface area contributed by atoms with Gasteiger partial charge < -0.3 is 15.8 Å². The van der Waals surface area contributed by atoms with Crippen molar-refractivity contribution in [2.75, 3.05) is 11.9 Å². The highest BCUT2D eigenvalue weighted by Crippen LogP contribution is 2.39. The van der Waals surface area contributed by atoms with E-state index in [0.29, 0.717) is 23.2 Å². The first-order valence-corrected chi connectivity index (χ1v) is 12.4. The molecule has 0 aliphatic carbocycles. The van der Waals surface area contributed by atoms with E-state index in [1.165, 1.54) is 0 Å². The number of pyridine rings is 2. The number of nitrogens with zero attached hydrogens (tertiary/aromatic N) is 2. The lowest BCUT2D eigenvalue weighted by Crippen LogP contribution is -2.23. The first kappa shape index (κ1) is 24.1. The van der Waals surface area contributed by atoms with Gasteiger partial charge in [0.25, 0.3) is 17.4 Å². The largest absolute Gasteiger partial charge is 0.483 e. The van der Waals surface area contributed by atoms with E-state index in [2.05, 4.69) is 16.9 Å². The van der Waals surface area contributed by atoms with Crippen molar-refractivity contribution in [2.45, 2.75) is 13.3 Å². The zero-order chi connectivity index (χ0) is 27.3. The number of amides is 2. The SMILES string of the molecule is C=C(C)Cc1c(OCC(=O)Nc2ccccc2C(N)=O)ccc2c1c1ccnc3c4ccccc4c(=O)n2c13. The normalized spacial score (nSPS) is 11.4. The summed E-state index contributed by atoms with van der Waals surface area (Å²) in [5.41, 5.74) is 9.79. The predicted molar refractivity (Wildman–Crippen MR) is 153 cm³/mol. The molecule has 0 aliphatic heterocycles. The molecule has 0 unspecified atom stereocenters. The van der Waals surface area contributed by atoms with Crippen LogP contribution < -0.4 is 21.3 Å². The minimum Gasteiger partial charge on any atom is -0.483 e. The highest BCUT2D eigenvalue weighted by Gasteiger charge is 2.22. The molecule has 8 heteroatoms. The summed E-state index contributed by atoms with van der Waals surface area (Å²) < 4.78 is 7.74. The molecule has 39 heavy (non-hydrogen) atoms. The number of ether oxygens (including phenoxy) is 1. The van der Waals surface area contributed by atoms with Gasteiger partial charge in [0, 0.05) is 33.3 Å². The summed E-state index contributed by atoms with van der Waals surface area (Å²) in [6.07, 6.45) is 2.23. The summed E-state index contributed by atoms with van der Waals surface area (Å²) in [6.45, 7) is 5.72. The molecule has 0 atom stereocenters. The average molecular weight is 517 g/mol. The highest BCUT2D eigenvalue weighted by atomic mass is 16.5. The Balaban J connectivity index is 1.47. The number of rotatable bonds is 7. The fourth-order valence-electron chi connectivity index (χ4n) is 5.26. The average Bonchev–Trinajstić information content (AvgIpc) is 3.27. The number of primary amides is 1. The monoisotopic (exact) mass is 516 g/mol. The maximum atomic E-state index is 13.7. The predicted octanol–water partition coefficient (Wildman–Crippen LogP) is 4.83. The van der Waals surface area contributed by atoms with Crippen LogP contribution in [0.5, 0.6) is 5.75 Å². The van der Waals surface area contributed by atoms with Gasteiger partial charge in [-0.25, -0.2) is 0 Å². The Hall–Kier alpha value is -5.24. The molecular weight excluding hydrogens is 492 g/mol. The summed E-state index contributed by atoms with van der Waals surface area (Å²) >= 11 is 0. The van der Waals surface area contributed by atoms with Gasteiger partial charge in [-0.15, -0.1) is 0 Å². The van der Waals surface area contributed by atoms with Crippen LogP contribution in [0.4, 0.5) is 5.69 Å². The molecule has 6 aromatic rings. The number of hydrogen-bond donors (Lipinski definition) is 2. The third-order valence-corrected chi connectivity index (χ3v) is 6.83. The Morgan fingerprint density at radius 1 is 1.00 bits per heavy atom. The van der Waals surface area contributed by atoms with Crippen LogP contribution in [0, 0.1) is 0 Å². The number of para-hydroxylation sites is 1. The third kappa shape index (κ3) is 3.93. The van der Waals surface area contributed by atoms with Crippen molar-refractivity contribution in [3.8, 4) is 5.75 Å². The lowest BCUT2D eigenvalue weighted by Gasteiger charge is -2.14. The molecule has 2 amide bonds. The first-order chi connectivity index (χ1) is 18.8. The Morgan fingerprint density at radius 3 is 2.51 bits per heavy atom. The molecule has 0 aliphatic rings. The molecule has 3 heterocycles. The van der Waals surface area contributed by atoms with Gasteiger partial charge in [-0.1, -0.05) is 42.5 Å². The van der Waals surface area contributed by atoms with Gasteiger partial charge >= 0.3 is 0 Å². The molecule has 3 aromatic heterocycles. The second-order valence-corrected chi connectivity index (χ2v) is 9.56. The number of aromatic nitrogens is 2. The quantitative estimate of drug-likeness (QED) is 0.233. The van der Waals surface area contributed by atoms with Crippen molar-refractivity contribution < 1.29 is 14.3 Å². The Kier molecular flexibility index (Phi) is 5.72. The van der Waals surface area contributed by atoms with Crippen molar-refractivity contribution in [3.63, 3.8) is 0 Å². The minimum atomic E-state index is -0.639. The Labute approximate surface area is 222 Å². The van der Waals surface area contributed by atoms with Crippen LogP contribution in [0.25, 0.3) is 38.1 Å². The van der Waals surface area contributed by atoms with E-state index in [0.717, 1.165) is 43.8 Å². The number of nitrogens with one attached hydrogen (secondary N) is 1. The number of fused-ring (bicyclic) bond motifs is 5. The van der Waals surface area contributed by atoms with Crippen LogP contribution in [0.15, 0.2) is 89.9 Å². The van der Waals surface area contributed by atoms with Gasteiger partial charge in [0.15, 0.2) is 6.61 Å². The summed E-state index contributed by atoms with van der Waals surface area (Å²) in [4.78, 5) is 42.8. The fraction of sp³-hybridized carbons (Fsp3) is 0.0968. The standard InChI is InChI=1S/C31H24N4O4/c1-17(2)15-22-25(39-16-26(36)34-23-10-6-5-9-20(23)30(32)37)12-11-24-27(22)21-13-14-33-28-18-7-3-4-8-19(18)31(38)35(24)29(21)28/h3-14H,1,15-16H2,2H3,(H2,32,37)(H,34,36). The molecule has 6 rings (SSSR count). The topological polar surface area (TPSA) is 116 Å². The number of allylic oxidation sites excluding steroid dienone is 1. The van der Waals surface area contributed by atoms with Crippen molar-refractivity contribution in [1.29, 1.82) is 0 Å². The first-order valence-electron chi connectivity index (χ1n) is 12.4. The molecule has 3 aromatic carbocycles. The zero-order valence-electron chi connectivity index (χ0n) is 21.2. The summed E-state index contributed by atoms with van der Waals surface area (Å²) in [7, 11) is 0. The van der Waals surface area contributed by atoms with Crippen LogP contribution in [-0.2, 0) is 11.2 Å². The van der Waals surface area contributed by atoms with Crippen LogP contribution in [-0.4, -0.2) is 27.8 Å². The molecule has 3 N–H and O–H groups in total. The fourth-order valence-corrected chi connectivity index (χ4v) is 5.26. The van der Waals surface area contributed by atoms with E-state index in [1.54, 1.807) is 40.9 Å². The van der Waals surface area contributed by atoms with Crippen LogP contribution in [0.3, 0.4) is 0 Å². The Bertz CT molecular complexity index is 2030. The van der Waals surface area contributed by atoms with Crippen LogP contribution in [0.2, 0.25) is 0 Å². The van der Waals surface area contributed by atoms with Crippen LogP contribution in [0.1, 0.15) is 22.8 Å². The maximum absolute atomic E-state index is 13.7.